The molecule has 0 aliphatic rings. The summed E-state index contributed by atoms with van der Waals surface area (Å²) in [6.07, 6.45) is 4.63. The quantitative estimate of drug-likeness (QED) is 0.392. The van der Waals surface area contributed by atoms with Crippen molar-refractivity contribution in [2.45, 2.75) is 46.0 Å². The van der Waals surface area contributed by atoms with Crippen LogP contribution in [0.4, 0.5) is 11.8 Å². The standard InChI is InChI=1S/C19H25N5.CN.K/c1-3-4-5-11-22-18-17(14(2)23-19(21)24-18)13-16-8-6-7-15(12-16)9-10-20;1-2;/h6-8,12H,3-5,9,11,13H2,1-2H3,(H3,21,22,23,24);;/q;-1;+1. The molecule has 1 aromatic carbocycles. The van der Waals surface area contributed by atoms with Gasteiger partial charge < -0.3 is 22.9 Å². The Hall–Kier alpha value is -1.48. The second-order valence-electron chi connectivity index (χ2n) is 5.96. The molecule has 0 fully saturated rings. The van der Waals surface area contributed by atoms with Gasteiger partial charge in [0.25, 0.3) is 0 Å². The van der Waals surface area contributed by atoms with E-state index in [0.29, 0.717) is 12.4 Å². The van der Waals surface area contributed by atoms with Gasteiger partial charge in [-0.05, 0) is 24.5 Å². The van der Waals surface area contributed by atoms with Gasteiger partial charge in [0.15, 0.2) is 0 Å². The maximum atomic E-state index is 8.87. The Morgan fingerprint density at radius 2 is 1.89 bits per heavy atom. The van der Waals surface area contributed by atoms with Crippen LogP contribution in [-0.2, 0) is 12.8 Å². The predicted octanol–water partition coefficient (Wildman–Crippen LogP) is 0.727. The van der Waals surface area contributed by atoms with Crippen molar-refractivity contribution in [3.05, 3.63) is 53.2 Å². The van der Waals surface area contributed by atoms with Crippen molar-refractivity contribution in [3.63, 3.8) is 0 Å². The molecule has 27 heavy (non-hydrogen) atoms. The molecule has 3 N–H and O–H groups in total. The van der Waals surface area contributed by atoms with Gasteiger partial charge in [0.05, 0.1) is 12.5 Å². The van der Waals surface area contributed by atoms with Crippen LogP contribution in [0.2, 0.25) is 0 Å². The Labute approximate surface area is 204 Å². The van der Waals surface area contributed by atoms with Crippen LogP contribution in [0, 0.1) is 30.1 Å². The topological polar surface area (TPSA) is 111 Å². The summed E-state index contributed by atoms with van der Waals surface area (Å²) >= 11 is 0. The number of hydrogen-bond acceptors (Lipinski definition) is 6. The molecule has 0 saturated carbocycles. The number of aromatic nitrogens is 2. The predicted molar refractivity (Wildman–Crippen MR) is 103 cm³/mol. The van der Waals surface area contributed by atoms with Crippen molar-refractivity contribution in [1.82, 2.24) is 9.97 Å². The Balaban J connectivity index is 0.00000218. The number of rotatable bonds is 8. The zero-order chi connectivity index (χ0) is 19.4. The smallest absolute Gasteiger partial charge is 0.512 e. The monoisotopic (exact) mass is 388 g/mol. The summed E-state index contributed by atoms with van der Waals surface area (Å²) in [7, 11) is 0. The zero-order valence-corrected chi connectivity index (χ0v) is 19.5. The first kappa shape index (κ1) is 25.5. The molecule has 2 aromatic rings. The van der Waals surface area contributed by atoms with E-state index in [1.165, 1.54) is 12.8 Å². The first-order chi connectivity index (χ1) is 12.6. The molecule has 7 heteroatoms. The number of nitrogens with zero attached hydrogens (tertiary/aromatic N) is 4. The van der Waals surface area contributed by atoms with Crippen molar-refractivity contribution < 1.29 is 51.4 Å². The Bertz CT molecular complexity index is 767. The summed E-state index contributed by atoms with van der Waals surface area (Å²) in [5.41, 5.74) is 9.95. The first-order valence-electron chi connectivity index (χ1n) is 8.68. The van der Waals surface area contributed by atoms with Crippen LogP contribution in [-0.4, -0.2) is 16.5 Å². The molecule has 0 amide bonds. The molecule has 0 unspecified atom stereocenters. The zero-order valence-electron chi connectivity index (χ0n) is 16.4. The Morgan fingerprint density at radius 1 is 1.19 bits per heavy atom. The van der Waals surface area contributed by atoms with Gasteiger partial charge in [0, 0.05) is 24.2 Å². The molecule has 0 spiro atoms. The molecule has 0 aliphatic heterocycles. The van der Waals surface area contributed by atoms with E-state index in [1.807, 2.05) is 19.1 Å². The molecule has 1 heterocycles. The van der Waals surface area contributed by atoms with Crippen LogP contribution in [0.15, 0.2) is 24.3 Å². The molecule has 0 aliphatic carbocycles. The van der Waals surface area contributed by atoms with E-state index in [4.69, 9.17) is 22.8 Å². The molecule has 0 saturated heterocycles. The van der Waals surface area contributed by atoms with Crippen molar-refractivity contribution in [3.8, 4) is 6.07 Å². The van der Waals surface area contributed by atoms with Gasteiger partial charge in [0.2, 0.25) is 5.95 Å². The SMILES string of the molecule is CCCCCNc1nc(N)nc(C)c1Cc1cccc(CC#N)c1.[C-]#N.[K+]. The van der Waals surface area contributed by atoms with Crippen LogP contribution in [0.25, 0.3) is 0 Å². The second-order valence-corrected chi connectivity index (χ2v) is 5.96. The fourth-order valence-corrected chi connectivity index (χ4v) is 2.70. The van der Waals surface area contributed by atoms with Crippen LogP contribution in [0.3, 0.4) is 0 Å². The number of unbranched alkanes of at least 4 members (excludes halogenated alkanes) is 2. The maximum absolute atomic E-state index is 8.87. The van der Waals surface area contributed by atoms with Crippen molar-refractivity contribution in [1.29, 1.82) is 10.5 Å². The molecule has 6 nitrogen and oxygen atoms in total. The number of nitriles is 1. The van der Waals surface area contributed by atoms with Gasteiger partial charge in [-0.2, -0.15) is 10.2 Å². The molecule has 2 rings (SSSR count). The van der Waals surface area contributed by atoms with Crippen molar-refractivity contribution in [2.24, 2.45) is 0 Å². The average molecular weight is 389 g/mol. The summed E-state index contributed by atoms with van der Waals surface area (Å²) in [4.78, 5) is 8.70. The molecular weight excluding hydrogens is 363 g/mol. The van der Waals surface area contributed by atoms with E-state index < -0.39 is 0 Å². The van der Waals surface area contributed by atoms with E-state index in [9.17, 15) is 0 Å². The van der Waals surface area contributed by atoms with Crippen LogP contribution >= 0.6 is 0 Å². The number of hydrogen-bond donors (Lipinski definition) is 2. The molecule has 1 aromatic heterocycles. The van der Waals surface area contributed by atoms with E-state index in [1.54, 1.807) is 0 Å². The Morgan fingerprint density at radius 3 is 2.56 bits per heavy atom. The minimum Gasteiger partial charge on any atom is -0.512 e. The van der Waals surface area contributed by atoms with Crippen LogP contribution < -0.4 is 62.4 Å². The van der Waals surface area contributed by atoms with Gasteiger partial charge in [-0.25, -0.2) is 4.98 Å². The third kappa shape index (κ3) is 8.83. The number of nitrogens with one attached hydrogen (secondary N) is 1. The number of nitrogen functional groups attached to an aromatic ring is 1. The Kier molecular flexibility index (Phi) is 13.8. The molecule has 0 radical (unpaired) electrons. The minimum absolute atomic E-state index is 0. The van der Waals surface area contributed by atoms with Gasteiger partial charge in [0.1, 0.15) is 5.82 Å². The number of benzene rings is 1. The number of anilines is 2. The average Bonchev–Trinajstić information content (AvgIpc) is 2.64. The molecule has 136 valence electrons. The second kappa shape index (κ2) is 14.6. The summed E-state index contributed by atoms with van der Waals surface area (Å²) in [5.74, 6) is 1.12. The van der Waals surface area contributed by atoms with E-state index in [0.717, 1.165) is 47.6 Å². The number of aryl methyl sites for hydroxylation is 1. The molecule has 0 atom stereocenters. The van der Waals surface area contributed by atoms with Crippen LogP contribution in [0.1, 0.15) is 48.6 Å². The third-order valence-corrected chi connectivity index (χ3v) is 3.96. The van der Waals surface area contributed by atoms with Crippen LogP contribution in [0.5, 0.6) is 0 Å². The van der Waals surface area contributed by atoms with Gasteiger partial charge in [-0.15, -0.1) is 0 Å². The summed E-state index contributed by atoms with van der Waals surface area (Å²) < 4.78 is 0. The summed E-state index contributed by atoms with van der Waals surface area (Å²) in [6.45, 7) is 9.78. The van der Waals surface area contributed by atoms with Gasteiger partial charge in [-0.3, -0.25) is 0 Å². The van der Waals surface area contributed by atoms with Gasteiger partial charge >= 0.3 is 51.4 Å². The largest absolute Gasteiger partial charge is 1.00 e. The summed E-state index contributed by atoms with van der Waals surface area (Å²) in [5, 5.41) is 18.5. The normalized spacial score (nSPS) is 9.30. The van der Waals surface area contributed by atoms with E-state index in [2.05, 4.69) is 40.4 Å². The molecular formula is C20H25KN6. The van der Waals surface area contributed by atoms with E-state index >= 15 is 0 Å². The summed E-state index contributed by atoms with van der Waals surface area (Å²) in [6, 6.07) is 10.3. The fourth-order valence-electron chi connectivity index (χ4n) is 2.70. The maximum Gasteiger partial charge on any atom is 1.00 e. The first-order valence-corrected chi connectivity index (χ1v) is 8.68. The molecule has 0 bridgehead atoms. The van der Waals surface area contributed by atoms with Crippen molar-refractivity contribution in [2.75, 3.05) is 17.6 Å². The third-order valence-electron chi connectivity index (χ3n) is 3.96. The van der Waals surface area contributed by atoms with E-state index in [-0.39, 0.29) is 51.4 Å². The van der Waals surface area contributed by atoms with Crippen molar-refractivity contribution >= 4 is 11.8 Å². The number of nitrogens with two attached hydrogens (primary N) is 1. The fraction of sp³-hybridized carbons (Fsp3) is 0.400. The van der Waals surface area contributed by atoms with Gasteiger partial charge in [-0.1, -0.05) is 44.0 Å². The minimum atomic E-state index is 0.